The maximum absolute atomic E-state index is 4.62. The van der Waals surface area contributed by atoms with Crippen LogP contribution in [0.1, 0.15) is 45.4 Å². The van der Waals surface area contributed by atoms with Gasteiger partial charge in [-0.3, -0.25) is 0 Å². The molecule has 0 aliphatic rings. The molecule has 0 spiro atoms. The molecule has 1 N–H and O–H groups in total. The van der Waals surface area contributed by atoms with Crippen LogP contribution in [0.3, 0.4) is 0 Å². The number of hydrogen-bond acceptors (Lipinski definition) is 4. The van der Waals surface area contributed by atoms with E-state index in [0.717, 1.165) is 36.8 Å². The second-order valence-corrected chi connectivity index (χ2v) is 4.66. The van der Waals surface area contributed by atoms with E-state index in [1.807, 2.05) is 13.1 Å². The summed E-state index contributed by atoms with van der Waals surface area (Å²) in [5, 5.41) is 3.11. The third-order valence-corrected chi connectivity index (χ3v) is 2.98. The van der Waals surface area contributed by atoms with E-state index in [4.69, 9.17) is 0 Å². The van der Waals surface area contributed by atoms with E-state index in [0.29, 0.717) is 0 Å². The zero-order chi connectivity index (χ0) is 13.4. The Morgan fingerprint density at radius 1 is 1.17 bits per heavy atom. The summed E-state index contributed by atoms with van der Waals surface area (Å²) in [6, 6.07) is 2.02. The van der Waals surface area contributed by atoms with Gasteiger partial charge in [0.15, 0.2) is 0 Å². The second kappa shape index (κ2) is 7.90. The molecule has 4 heteroatoms. The molecular weight excluding hydrogens is 224 g/mol. The Labute approximate surface area is 111 Å². The van der Waals surface area contributed by atoms with E-state index >= 15 is 0 Å². The minimum Gasteiger partial charge on any atom is -0.373 e. The highest BCUT2D eigenvalue weighted by Gasteiger charge is 2.07. The van der Waals surface area contributed by atoms with Gasteiger partial charge in [0.25, 0.3) is 0 Å². The number of rotatable bonds is 8. The molecule has 0 aromatic carbocycles. The van der Waals surface area contributed by atoms with Gasteiger partial charge >= 0.3 is 0 Å². The molecule has 1 heterocycles. The maximum Gasteiger partial charge on any atom is 0.134 e. The first-order chi connectivity index (χ1) is 8.71. The summed E-state index contributed by atoms with van der Waals surface area (Å²) in [5.41, 5.74) is 0. The van der Waals surface area contributed by atoms with E-state index in [-0.39, 0.29) is 0 Å². The molecule has 18 heavy (non-hydrogen) atoms. The van der Waals surface area contributed by atoms with Crippen LogP contribution < -0.4 is 10.2 Å². The third-order valence-electron chi connectivity index (χ3n) is 2.98. The highest BCUT2D eigenvalue weighted by atomic mass is 15.2. The molecule has 0 unspecified atom stereocenters. The Balaban J connectivity index is 2.75. The summed E-state index contributed by atoms with van der Waals surface area (Å²) >= 11 is 0. The lowest BCUT2D eigenvalue weighted by Crippen LogP contribution is -2.20. The quantitative estimate of drug-likeness (QED) is 0.720. The van der Waals surface area contributed by atoms with Gasteiger partial charge in [0, 0.05) is 33.1 Å². The summed E-state index contributed by atoms with van der Waals surface area (Å²) in [7, 11) is 4.01. The van der Waals surface area contributed by atoms with Crippen LogP contribution in [-0.4, -0.2) is 30.6 Å². The molecule has 1 rings (SSSR count). The molecular formula is C14H26N4. The van der Waals surface area contributed by atoms with E-state index in [1.54, 1.807) is 0 Å². The fourth-order valence-electron chi connectivity index (χ4n) is 1.86. The van der Waals surface area contributed by atoms with E-state index in [1.165, 1.54) is 19.3 Å². The van der Waals surface area contributed by atoms with Crippen molar-refractivity contribution in [2.75, 3.05) is 30.9 Å². The molecule has 0 atom stereocenters. The van der Waals surface area contributed by atoms with Gasteiger partial charge in [-0.2, -0.15) is 0 Å². The Kier molecular flexibility index (Phi) is 6.47. The van der Waals surface area contributed by atoms with Crippen molar-refractivity contribution in [3.63, 3.8) is 0 Å². The summed E-state index contributed by atoms with van der Waals surface area (Å²) in [6.07, 6.45) is 5.75. The van der Waals surface area contributed by atoms with Gasteiger partial charge in [0.05, 0.1) is 0 Å². The number of nitrogens with zero attached hydrogens (tertiary/aromatic N) is 3. The van der Waals surface area contributed by atoms with Crippen molar-refractivity contribution in [2.45, 2.75) is 46.0 Å². The maximum atomic E-state index is 4.62. The van der Waals surface area contributed by atoms with Gasteiger partial charge < -0.3 is 10.2 Å². The topological polar surface area (TPSA) is 41.0 Å². The van der Waals surface area contributed by atoms with Crippen molar-refractivity contribution in [2.24, 2.45) is 0 Å². The van der Waals surface area contributed by atoms with E-state index in [9.17, 15) is 0 Å². The summed E-state index contributed by atoms with van der Waals surface area (Å²) < 4.78 is 0. The highest BCUT2D eigenvalue weighted by molar-refractivity contribution is 5.48. The average Bonchev–Trinajstić information content (AvgIpc) is 2.39. The van der Waals surface area contributed by atoms with Gasteiger partial charge in [0.1, 0.15) is 17.5 Å². The van der Waals surface area contributed by atoms with Crippen LogP contribution in [0.25, 0.3) is 0 Å². The number of aromatic nitrogens is 2. The second-order valence-electron chi connectivity index (χ2n) is 4.66. The molecule has 0 saturated carbocycles. The molecule has 0 aliphatic heterocycles. The molecule has 0 bridgehead atoms. The van der Waals surface area contributed by atoms with Gasteiger partial charge in [-0.1, -0.05) is 26.7 Å². The van der Waals surface area contributed by atoms with Crippen molar-refractivity contribution < 1.29 is 0 Å². The largest absolute Gasteiger partial charge is 0.373 e. The van der Waals surface area contributed by atoms with Gasteiger partial charge in [0.2, 0.25) is 0 Å². The Bertz CT molecular complexity index is 352. The lowest BCUT2D eigenvalue weighted by atomic mass is 10.2. The van der Waals surface area contributed by atoms with Crippen LogP contribution in [0.5, 0.6) is 0 Å². The van der Waals surface area contributed by atoms with E-state index < -0.39 is 0 Å². The normalized spacial score (nSPS) is 10.4. The fourth-order valence-corrected chi connectivity index (χ4v) is 1.86. The van der Waals surface area contributed by atoms with Crippen LogP contribution in [0.4, 0.5) is 11.6 Å². The number of unbranched alkanes of at least 4 members (excludes halogenated alkanes) is 2. The SMILES string of the molecule is CCCCCN(C)c1cc(NC)nc(CCC)n1. The van der Waals surface area contributed by atoms with Crippen LogP contribution >= 0.6 is 0 Å². The van der Waals surface area contributed by atoms with Crippen LogP contribution in [0, 0.1) is 0 Å². The monoisotopic (exact) mass is 250 g/mol. The smallest absolute Gasteiger partial charge is 0.134 e. The lowest BCUT2D eigenvalue weighted by Gasteiger charge is -2.19. The molecule has 0 aliphatic carbocycles. The van der Waals surface area contributed by atoms with Crippen molar-refractivity contribution in [1.82, 2.24) is 9.97 Å². The van der Waals surface area contributed by atoms with Gasteiger partial charge in [-0.25, -0.2) is 9.97 Å². The molecule has 4 nitrogen and oxygen atoms in total. The number of aryl methyl sites for hydroxylation is 1. The average molecular weight is 250 g/mol. The molecule has 102 valence electrons. The molecule has 1 aromatic rings. The predicted molar refractivity (Wildman–Crippen MR) is 78.4 cm³/mol. The van der Waals surface area contributed by atoms with Gasteiger partial charge in [-0.15, -0.1) is 0 Å². The first-order valence-corrected chi connectivity index (χ1v) is 6.98. The van der Waals surface area contributed by atoms with Crippen LogP contribution in [-0.2, 0) is 6.42 Å². The van der Waals surface area contributed by atoms with Crippen molar-refractivity contribution in [3.8, 4) is 0 Å². The van der Waals surface area contributed by atoms with Gasteiger partial charge in [-0.05, 0) is 12.8 Å². The van der Waals surface area contributed by atoms with Crippen LogP contribution in [0.15, 0.2) is 6.07 Å². The van der Waals surface area contributed by atoms with E-state index in [2.05, 4.69) is 41.1 Å². The summed E-state index contributed by atoms with van der Waals surface area (Å²) in [4.78, 5) is 11.3. The third kappa shape index (κ3) is 4.51. The lowest BCUT2D eigenvalue weighted by molar-refractivity contribution is 0.698. The number of nitrogens with one attached hydrogen (secondary N) is 1. The molecule has 0 radical (unpaired) electrons. The fraction of sp³-hybridized carbons (Fsp3) is 0.714. The Morgan fingerprint density at radius 3 is 2.56 bits per heavy atom. The molecule has 0 saturated heterocycles. The summed E-state index contributed by atoms with van der Waals surface area (Å²) in [5.74, 6) is 2.86. The van der Waals surface area contributed by atoms with Crippen molar-refractivity contribution >= 4 is 11.6 Å². The number of anilines is 2. The minimum absolute atomic E-state index is 0.908. The highest BCUT2D eigenvalue weighted by Crippen LogP contribution is 2.16. The zero-order valence-electron chi connectivity index (χ0n) is 12.2. The Hall–Kier alpha value is -1.32. The first kappa shape index (κ1) is 14.7. The van der Waals surface area contributed by atoms with Crippen molar-refractivity contribution in [1.29, 1.82) is 0 Å². The Morgan fingerprint density at radius 2 is 1.94 bits per heavy atom. The molecule has 1 aromatic heterocycles. The van der Waals surface area contributed by atoms with Crippen molar-refractivity contribution in [3.05, 3.63) is 11.9 Å². The number of hydrogen-bond donors (Lipinski definition) is 1. The predicted octanol–water partition coefficient (Wildman–Crippen LogP) is 3.10. The molecule has 0 fully saturated rings. The standard InChI is InChI=1S/C14H26N4/c1-5-7-8-10-18(4)14-11-13(15-3)16-12(17-14)9-6-2/h11H,5-10H2,1-4H3,(H,15,16,17). The minimum atomic E-state index is 0.908. The van der Waals surface area contributed by atoms with Crippen LogP contribution in [0.2, 0.25) is 0 Å². The zero-order valence-corrected chi connectivity index (χ0v) is 12.2. The molecule has 0 amide bonds. The summed E-state index contributed by atoms with van der Waals surface area (Å²) in [6.45, 7) is 5.43. The first-order valence-electron chi connectivity index (χ1n) is 6.98.